The maximum Gasteiger partial charge on any atom is 0.344 e. The van der Waals surface area contributed by atoms with Crippen LogP contribution in [0.25, 0.3) is 22.1 Å². The van der Waals surface area contributed by atoms with Crippen LogP contribution in [0.2, 0.25) is 0 Å². The molecule has 106 valence electrons. The van der Waals surface area contributed by atoms with E-state index >= 15 is 0 Å². The lowest BCUT2D eigenvalue weighted by molar-refractivity contribution is 0.470. The minimum Gasteiger partial charge on any atom is -0.507 e. The molecule has 0 aliphatic carbocycles. The molecule has 0 saturated carbocycles. The average Bonchev–Trinajstić information content (AvgIpc) is 2.38. The van der Waals surface area contributed by atoms with Gasteiger partial charge in [0, 0.05) is 23.8 Å². The summed E-state index contributed by atoms with van der Waals surface area (Å²) in [4.78, 5) is 11.9. The third kappa shape index (κ3) is 2.24. The summed E-state index contributed by atoms with van der Waals surface area (Å²) >= 11 is 0. The van der Waals surface area contributed by atoms with Gasteiger partial charge in [-0.2, -0.15) is 0 Å². The van der Waals surface area contributed by atoms with Gasteiger partial charge in [-0.1, -0.05) is 0 Å². The summed E-state index contributed by atoms with van der Waals surface area (Å²) in [6.45, 7) is 0. The number of phenolic OH excluding ortho intramolecular Hbond substituents is 1. The van der Waals surface area contributed by atoms with Crippen molar-refractivity contribution in [3.8, 4) is 16.9 Å². The highest BCUT2D eigenvalue weighted by Gasteiger charge is 2.15. The lowest BCUT2D eigenvalue weighted by atomic mass is 10.0. The summed E-state index contributed by atoms with van der Waals surface area (Å²) in [5.74, 6) is -2.95. The molecule has 0 aliphatic heterocycles. The molecule has 0 saturated heterocycles. The first-order valence-electron chi connectivity index (χ1n) is 5.87. The second-order valence-corrected chi connectivity index (χ2v) is 4.41. The zero-order valence-corrected chi connectivity index (χ0v) is 10.4. The van der Waals surface area contributed by atoms with Crippen LogP contribution < -0.4 is 5.63 Å². The third-order valence-corrected chi connectivity index (χ3v) is 3.02. The van der Waals surface area contributed by atoms with Gasteiger partial charge >= 0.3 is 5.63 Å². The molecule has 0 spiro atoms. The molecule has 1 aromatic heterocycles. The number of rotatable bonds is 1. The molecule has 0 fully saturated rings. The Kier molecular flexibility index (Phi) is 2.94. The molecule has 0 bridgehead atoms. The molecule has 0 atom stereocenters. The van der Waals surface area contributed by atoms with E-state index in [4.69, 9.17) is 4.42 Å². The van der Waals surface area contributed by atoms with Crippen LogP contribution in [-0.2, 0) is 0 Å². The van der Waals surface area contributed by atoms with Crippen molar-refractivity contribution in [3.05, 3.63) is 64.3 Å². The van der Waals surface area contributed by atoms with Gasteiger partial charge in [-0.3, -0.25) is 0 Å². The molecule has 0 aliphatic rings. The van der Waals surface area contributed by atoms with Crippen LogP contribution in [0, 0.1) is 17.5 Å². The van der Waals surface area contributed by atoms with Crippen molar-refractivity contribution < 1.29 is 22.7 Å². The van der Waals surface area contributed by atoms with E-state index < -0.39 is 28.8 Å². The van der Waals surface area contributed by atoms with E-state index in [0.29, 0.717) is 6.07 Å². The first-order chi connectivity index (χ1) is 9.95. The molecule has 1 heterocycles. The van der Waals surface area contributed by atoms with Gasteiger partial charge in [-0.25, -0.2) is 18.0 Å². The monoisotopic (exact) mass is 292 g/mol. The number of hydrogen-bond donors (Lipinski definition) is 1. The van der Waals surface area contributed by atoms with Gasteiger partial charge in [0.05, 0.1) is 10.9 Å². The van der Waals surface area contributed by atoms with Crippen molar-refractivity contribution in [2.45, 2.75) is 0 Å². The minimum absolute atomic E-state index is 0.00391. The third-order valence-electron chi connectivity index (χ3n) is 3.02. The van der Waals surface area contributed by atoms with Crippen LogP contribution >= 0.6 is 0 Å². The maximum absolute atomic E-state index is 13.7. The summed E-state index contributed by atoms with van der Waals surface area (Å²) in [7, 11) is 0. The Morgan fingerprint density at radius 2 is 1.67 bits per heavy atom. The highest BCUT2D eigenvalue weighted by atomic mass is 19.1. The molecule has 1 N–H and O–H groups in total. The molecule has 3 rings (SSSR count). The van der Waals surface area contributed by atoms with Gasteiger partial charge in [0.1, 0.15) is 28.8 Å². The number of hydrogen-bond acceptors (Lipinski definition) is 3. The highest BCUT2D eigenvalue weighted by molar-refractivity contribution is 5.83. The van der Waals surface area contributed by atoms with Crippen molar-refractivity contribution in [2.75, 3.05) is 0 Å². The first kappa shape index (κ1) is 13.2. The van der Waals surface area contributed by atoms with Gasteiger partial charge in [0.2, 0.25) is 0 Å². The number of benzene rings is 2. The molecule has 21 heavy (non-hydrogen) atoms. The molecule has 0 unspecified atom stereocenters. The van der Waals surface area contributed by atoms with Crippen LogP contribution in [0.5, 0.6) is 5.75 Å². The van der Waals surface area contributed by atoms with Gasteiger partial charge in [0.25, 0.3) is 0 Å². The predicted molar refractivity (Wildman–Crippen MR) is 69.5 cm³/mol. The zero-order chi connectivity index (χ0) is 15.1. The Hall–Kier alpha value is -2.76. The summed E-state index contributed by atoms with van der Waals surface area (Å²) in [6, 6.07) is 5.69. The Labute approximate surface area is 115 Å². The second kappa shape index (κ2) is 4.66. The van der Waals surface area contributed by atoms with E-state index in [1.54, 1.807) is 0 Å². The average molecular weight is 292 g/mol. The fraction of sp³-hybridized carbons (Fsp3) is 0. The number of fused-ring (bicyclic) bond motifs is 1. The number of halogens is 3. The van der Waals surface area contributed by atoms with E-state index in [1.165, 1.54) is 6.07 Å². The molecule has 0 amide bonds. The fourth-order valence-electron chi connectivity index (χ4n) is 2.06. The van der Waals surface area contributed by atoms with E-state index in [1.807, 2.05) is 0 Å². The highest BCUT2D eigenvalue weighted by Crippen LogP contribution is 2.30. The zero-order valence-electron chi connectivity index (χ0n) is 10.4. The van der Waals surface area contributed by atoms with Gasteiger partial charge in [-0.05, 0) is 18.2 Å². The standard InChI is InChI=1S/C15H7F3O3/c16-7-1-2-9(13(19)4-7)10-6-11-12(18)3-8(17)5-14(11)21-15(10)20/h1-6,19H. The van der Waals surface area contributed by atoms with Crippen molar-refractivity contribution in [1.82, 2.24) is 0 Å². The lowest BCUT2D eigenvalue weighted by Gasteiger charge is -2.05. The summed E-state index contributed by atoms with van der Waals surface area (Å²) in [6.07, 6.45) is 0. The number of aromatic hydroxyl groups is 1. The van der Waals surface area contributed by atoms with Gasteiger partial charge < -0.3 is 9.52 Å². The van der Waals surface area contributed by atoms with Crippen molar-refractivity contribution in [2.24, 2.45) is 0 Å². The van der Waals surface area contributed by atoms with E-state index in [0.717, 1.165) is 24.3 Å². The Bertz CT molecular complexity index is 916. The predicted octanol–water partition coefficient (Wildman–Crippen LogP) is 3.58. The quantitative estimate of drug-likeness (QED) is 0.697. The maximum atomic E-state index is 13.7. The van der Waals surface area contributed by atoms with Crippen LogP contribution in [0.3, 0.4) is 0 Å². The Morgan fingerprint density at radius 1 is 0.905 bits per heavy atom. The molecule has 0 radical (unpaired) electrons. The lowest BCUT2D eigenvalue weighted by Crippen LogP contribution is -2.04. The summed E-state index contributed by atoms with van der Waals surface area (Å²) < 4.78 is 44.6. The minimum atomic E-state index is -0.906. The SMILES string of the molecule is O=c1oc2cc(F)cc(F)c2cc1-c1ccc(F)cc1O. The molecule has 6 heteroatoms. The summed E-state index contributed by atoms with van der Waals surface area (Å²) in [5, 5.41) is 9.56. The molecular weight excluding hydrogens is 285 g/mol. The number of phenols is 1. The van der Waals surface area contributed by atoms with E-state index in [9.17, 15) is 23.1 Å². The molecule has 3 aromatic rings. The van der Waals surface area contributed by atoms with Crippen LogP contribution in [0.1, 0.15) is 0 Å². The smallest absolute Gasteiger partial charge is 0.344 e. The van der Waals surface area contributed by atoms with Gasteiger partial charge in [0.15, 0.2) is 0 Å². The van der Waals surface area contributed by atoms with Crippen molar-refractivity contribution in [1.29, 1.82) is 0 Å². The molecular formula is C15H7F3O3. The Balaban J connectivity index is 2.33. The van der Waals surface area contributed by atoms with Crippen molar-refractivity contribution in [3.63, 3.8) is 0 Å². The van der Waals surface area contributed by atoms with Crippen LogP contribution in [0.15, 0.2) is 45.6 Å². The topological polar surface area (TPSA) is 50.4 Å². The van der Waals surface area contributed by atoms with E-state index in [2.05, 4.69) is 0 Å². The van der Waals surface area contributed by atoms with Gasteiger partial charge in [-0.15, -0.1) is 0 Å². The Morgan fingerprint density at radius 3 is 2.38 bits per heavy atom. The van der Waals surface area contributed by atoms with Crippen LogP contribution in [0.4, 0.5) is 13.2 Å². The van der Waals surface area contributed by atoms with E-state index in [-0.39, 0.29) is 22.1 Å². The normalized spacial score (nSPS) is 11.0. The fourth-order valence-corrected chi connectivity index (χ4v) is 2.06. The molecule has 2 aromatic carbocycles. The first-order valence-corrected chi connectivity index (χ1v) is 5.87. The van der Waals surface area contributed by atoms with Crippen molar-refractivity contribution >= 4 is 11.0 Å². The second-order valence-electron chi connectivity index (χ2n) is 4.41. The molecule has 3 nitrogen and oxygen atoms in total. The summed E-state index contributed by atoms with van der Waals surface area (Å²) in [5.41, 5.74) is -1.29. The largest absolute Gasteiger partial charge is 0.507 e. The van der Waals surface area contributed by atoms with Crippen LogP contribution in [-0.4, -0.2) is 5.11 Å².